The Bertz CT molecular complexity index is 471. The predicted octanol–water partition coefficient (Wildman–Crippen LogP) is 0.632. The third-order valence-electron chi connectivity index (χ3n) is 2.28. The maximum atomic E-state index is 11.4. The van der Waals surface area contributed by atoms with Crippen LogP contribution in [0, 0.1) is 0 Å². The molecule has 0 bridgehead atoms. The molecule has 1 rings (SSSR count). The smallest absolute Gasteiger partial charge is 0.234 e. The Labute approximate surface area is 107 Å². The fourth-order valence-corrected chi connectivity index (χ4v) is 2.07. The summed E-state index contributed by atoms with van der Waals surface area (Å²) in [5, 5.41) is 0. The van der Waals surface area contributed by atoms with Gasteiger partial charge >= 0.3 is 0 Å². The highest BCUT2D eigenvalue weighted by molar-refractivity contribution is 7.90. The minimum absolute atomic E-state index is 0.0408. The number of nitrogens with one attached hydrogen (secondary N) is 2. The van der Waals surface area contributed by atoms with E-state index < -0.39 is 9.84 Å². The first-order chi connectivity index (χ1) is 8.47. The predicted molar refractivity (Wildman–Crippen MR) is 70.4 cm³/mol. The minimum atomic E-state index is -2.98. The average molecular weight is 270 g/mol. The maximum Gasteiger partial charge on any atom is 0.234 e. The van der Waals surface area contributed by atoms with Crippen molar-refractivity contribution in [1.29, 1.82) is 0 Å². The van der Waals surface area contributed by atoms with Gasteiger partial charge in [-0.05, 0) is 12.0 Å². The average Bonchev–Trinajstić information content (AvgIpc) is 2.28. The highest BCUT2D eigenvalue weighted by Crippen LogP contribution is 1.97. The van der Waals surface area contributed by atoms with E-state index >= 15 is 0 Å². The molecule has 0 saturated heterocycles. The Hall–Kier alpha value is -1.40. The molecule has 1 aromatic rings. The van der Waals surface area contributed by atoms with E-state index in [9.17, 15) is 13.2 Å². The number of sulfone groups is 1. The van der Waals surface area contributed by atoms with Crippen LogP contribution in [0.25, 0.3) is 0 Å². The molecule has 2 N–H and O–H groups in total. The molecule has 0 aliphatic heterocycles. The van der Waals surface area contributed by atoms with Crippen LogP contribution < -0.4 is 10.9 Å². The zero-order chi connectivity index (χ0) is 13.4. The second kappa shape index (κ2) is 7.13. The molecule has 100 valence electrons. The molecule has 0 unspecified atom stereocenters. The molecule has 0 saturated carbocycles. The molecule has 6 heteroatoms. The quantitative estimate of drug-likeness (QED) is 0.713. The monoisotopic (exact) mass is 270 g/mol. The highest BCUT2D eigenvalue weighted by Gasteiger charge is 2.05. The van der Waals surface area contributed by atoms with Gasteiger partial charge in [0.1, 0.15) is 9.84 Å². The first-order valence-electron chi connectivity index (χ1n) is 5.71. The van der Waals surface area contributed by atoms with Gasteiger partial charge in [-0.15, -0.1) is 0 Å². The van der Waals surface area contributed by atoms with Crippen LogP contribution in [0.4, 0.5) is 0 Å². The Morgan fingerprint density at radius 2 is 1.89 bits per heavy atom. The second-order valence-electron chi connectivity index (χ2n) is 4.12. The second-order valence-corrected chi connectivity index (χ2v) is 6.38. The van der Waals surface area contributed by atoms with Crippen molar-refractivity contribution >= 4 is 15.7 Å². The van der Waals surface area contributed by atoms with Crippen molar-refractivity contribution in [3.63, 3.8) is 0 Å². The number of carbonyl (C=O) groups excluding carboxylic acids is 1. The SMILES string of the molecule is CS(=O)(=O)CCCC(=O)NNCc1ccccc1. The van der Waals surface area contributed by atoms with Crippen LogP contribution in [0.1, 0.15) is 18.4 Å². The normalized spacial score (nSPS) is 11.2. The molecule has 0 aliphatic carbocycles. The van der Waals surface area contributed by atoms with Gasteiger partial charge in [0, 0.05) is 19.2 Å². The van der Waals surface area contributed by atoms with Gasteiger partial charge in [-0.2, -0.15) is 0 Å². The summed E-state index contributed by atoms with van der Waals surface area (Å²) in [6.07, 6.45) is 1.71. The zero-order valence-electron chi connectivity index (χ0n) is 10.3. The topological polar surface area (TPSA) is 75.3 Å². The maximum absolute atomic E-state index is 11.4. The van der Waals surface area contributed by atoms with Gasteiger partial charge in [-0.25, -0.2) is 13.8 Å². The summed E-state index contributed by atoms with van der Waals surface area (Å²) in [5.74, 6) is -0.159. The summed E-state index contributed by atoms with van der Waals surface area (Å²) < 4.78 is 21.7. The van der Waals surface area contributed by atoms with Crippen molar-refractivity contribution in [3.05, 3.63) is 35.9 Å². The standard InChI is InChI=1S/C12H18N2O3S/c1-18(16,17)9-5-8-12(15)14-13-10-11-6-3-2-4-7-11/h2-4,6-7,13H,5,8-10H2,1H3,(H,14,15). The molecule has 0 spiro atoms. The summed E-state index contributed by atoms with van der Waals surface area (Å²) in [6.45, 7) is 0.540. The Morgan fingerprint density at radius 1 is 1.22 bits per heavy atom. The number of benzene rings is 1. The van der Waals surface area contributed by atoms with E-state index in [1.165, 1.54) is 6.26 Å². The summed E-state index contributed by atoms with van der Waals surface area (Å²) in [6, 6.07) is 9.66. The largest absolute Gasteiger partial charge is 0.291 e. The van der Waals surface area contributed by atoms with Crippen LogP contribution in [0.5, 0.6) is 0 Å². The molecule has 18 heavy (non-hydrogen) atoms. The van der Waals surface area contributed by atoms with Crippen LogP contribution in [0.2, 0.25) is 0 Å². The van der Waals surface area contributed by atoms with Crippen LogP contribution in [0.15, 0.2) is 30.3 Å². The minimum Gasteiger partial charge on any atom is -0.291 e. The van der Waals surface area contributed by atoms with Gasteiger partial charge in [0.15, 0.2) is 0 Å². The summed E-state index contributed by atoms with van der Waals surface area (Å²) in [4.78, 5) is 11.4. The van der Waals surface area contributed by atoms with Crippen LogP contribution in [-0.4, -0.2) is 26.3 Å². The van der Waals surface area contributed by atoms with E-state index in [0.717, 1.165) is 5.56 Å². The molecule has 5 nitrogen and oxygen atoms in total. The summed E-state index contributed by atoms with van der Waals surface area (Å²) in [5.41, 5.74) is 6.40. The third-order valence-corrected chi connectivity index (χ3v) is 3.31. The molecular formula is C12H18N2O3S. The lowest BCUT2D eigenvalue weighted by Crippen LogP contribution is -2.36. The Balaban J connectivity index is 2.14. The first-order valence-corrected chi connectivity index (χ1v) is 7.77. The van der Waals surface area contributed by atoms with Crippen molar-refractivity contribution in [2.75, 3.05) is 12.0 Å². The van der Waals surface area contributed by atoms with Crippen molar-refractivity contribution in [1.82, 2.24) is 10.9 Å². The van der Waals surface area contributed by atoms with Crippen LogP contribution in [0.3, 0.4) is 0 Å². The molecule has 0 radical (unpaired) electrons. The number of hydrogen-bond donors (Lipinski definition) is 2. The number of carbonyl (C=O) groups is 1. The van der Waals surface area contributed by atoms with Gasteiger partial charge in [0.2, 0.25) is 5.91 Å². The number of hydrogen-bond acceptors (Lipinski definition) is 4. The van der Waals surface area contributed by atoms with Gasteiger partial charge in [0.25, 0.3) is 0 Å². The Morgan fingerprint density at radius 3 is 2.50 bits per heavy atom. The van der Waals surface area contributed by atoms with Gasteiger partial charge in [0.05, 0.1) is 5.75 Å². The van der Waals surface area contributed by atoms with Crippen molar-refractivity contribution < 1.29 is 13.2 Å². The number of rotatable bonds is 7. The molecule has 0 aliphatic rings. The van der Waals surface area contributed by atoms with Crippen molar-refractivity contribution in [2.45, 2.75) is 19.4 Å². The molecule has 0 fully saturated rings. The molecule has 1 aromatic carbocycles. The lowest BCUT2D eigenvalue weighted by Gasteiger charge is -2.06. The summed E-state index contributed by atoms with van der Waals surface area (Å²) in [7, 11) is -2.98. The van der Waals surface area contributed by atoms with E-state index in [4.69, 9.17) is 0 Å². The number of hydrazine groups is 1. The van der Waals surface area contributed by atoms with Gasteiger partial charge in [-0.1, -0.05) is 30.3 Å². The van der Waals surface area contributed by atoms with E-state index in [-0.39, 0.29) is 18.1 Å². The fourth-order valence-electron chi connectivity index (χ4n) is 1.40. The molecule has 0 heterocycles. The molecular weight excluding hydrogens is 252 g/mol. The fraction of sp³-hybridized carbons (Fsp3) is 0.417. The lowest BCUT2D eigenvalue weighted by molar-refractivity contribution is -0.122. The van der Waals surface area contributed by atoms with Crippen molar-refractivity contribution in [2.24, 2.45) is 0 Å². The molecule has 0 atom stereocenters. The first kappa shape index (κ1) is 14.7. The van der Waals surface area contributed by atoms with Crippen LogP contribution >= 0.6 is 0 Å². The lowest BCUT2D eigenvalue weighted by atomic mass is 10.2. The number of amides is 1. The third kappa shape index (κ3) is 7.03. The van der Waals surface area contributed by atoms with E-state index in [2.05, 4.69) is 10.9 Å². The molecule has 0 aromatic heterocycles. The zero-order valence-corrected chi connectivity index (χ0v) is 11.2. The van der Waals surface area contributed by atoms with Crippen molar-refractivity contribution in [3.8, 4) is 0 Å². The van der Waals surface area contributed by atoms with Gasteiger partial charge in [-0.3, -0.25) is 10.2 Å². The Kier molecular flexibility index (Phi) is 5.80. The van der Waals surface area contributed by atoms with E-state index in [1.54, 1.807) is 0 Å². The molecule has 1 amide bonds. The van der Waals surface area contributed by atoms with E-state index in [1.807, 2.05) is 30.3 Å². The van der Waals surface area contributed by atoms with Crippen LogP contribution in [-0.2, 0) is 21.2 Å². The highest BCUT2D eigenvalue weighted by atomic mass is 32.2. The van der Waals surface area contributed by atoms with E-state index in [0.29, 0.717) is 13.0 Å². The van der Waals surface area contributed by atoms with Gasteiger partial charge < -0.3 is 0 Å². The summed E-state index contributed by atoms with van der Waals surface area (Å²) >= 11 is 0.